The summed E-state index contributed by atoms with van der Waals surface area (Å²) in [4.78, 5) is 2.41. The monoisotopic (exact) mass is 305 g/mol. The first kappa shape index (κ1) is 15.9. The van der Waals surface area contributed by atoms with E-state index < -0.39 is 0 Å². The van der Waals surface area contributed by atoms with Crippen LogP contribution in [0.1, 0.15) is 58.1 Å². The van der Waals surface area contributed by atoms with Crippen molar-refractivity contribution in [2.75, 3.05) is 31.1 Å². The average Bonchev–Trinajstić information content (AvgIpc) is 3.05. The molecule has 3 heterocycles. The van der Waals surface area contributed by atoms with Crippen LogP contribution in [-0.4, -0.2) is 31.3 Å². The molecule has 22 heavy (non-hydrogen) atoms. The Morgan fingerprint density at radius 1 is 1.09 bits per heavy atom. The molecule has 4 heteroatoms. The van der Waals surface area contributed by atoms with Gasteiger partial charge in [-0.3, -0.25) is 0 Å². The minimum Gasteiger partial charge on any atom is -0.359 e. The summed E-state index contributed by atoms with van der Waals surface area (Å²) >= 11 is 0. The first-order valence-corrected chi connectivity index (χ1v) is 9.07. The van der Waals surface area contributed by atoms with Crippen LogP contribution in [-0.2, 0) is 0 Å². The predicted molar refractivity (Wildman–Crippen MR) is 90.3 cm³/mol. The quantitative estimate of drug-likeness (QED) is 0.922. The highest BCUT2D eigenvalue weighted by Gasteiger charge is 2.29. The number of aromatic nitrogens is 1. The molecule has 0 radical (unpaired) electrons. The molecule has 0 aromatic carbocycles. The van der Waals surface area contributed by atoms with E-state index in [9.17, 15) is 0 Å². The van der Waals surface area contributed by atoms with Gasteiger partial charge in [0.15, 0.2) is 5.82 Å². The molecule has 2 fully saturated rings. The van der Waals surface area contributed by atoms with Crippen LogP contribution in [0.2, 0.25) is 0 Å². The van der Waals surface area contributed by atoms with E-state index >= 15 is 0 Å². The Hall–Kier alpha value is -1.03. The van der Waals surface area contributed by atoms with Crippen LogP contribution in [0.3, 0.4) is 0 Å². The number of hydrogen-bond donors (Lipinski definition) is 1. The van der Waals surface area contributed by atoms with Gasteiger partial charge in [0.25, 0.3) is 0 Å². The van der Waals surface area contributed by atoms with Crippen molar-refractivity contribution < 1.29 is 4.52 Å². The van der Waals surface area contributed by atoms with E-state index in [0.717, 1.165) is 36.5 Å². The first-order chi connectivity index (χ1) is 10.6. The van der Waals surface area contributed by atoms with Crippen molar-refractivity contribution >= 4 is 5.82 Å². The zero-order valence-electron chi connectivity index (χ0n) is 14.3. The molecule has 124 valence electrons. The summed E-state index contributed by atoms with van der Waals surface area (Å²) in [6, 6.07) is 2.16. The Kier molecular flexibility index (Phi) is 5.07. The molecule has 1 N–H and O–H groups in total. The van der Waals surface area contributed by atoms with Crippen molar-refractivity contribution in [1.82, 2.24) is 10.5 Å². The fourth-order valence-corrected chi connectivity index (χ4v) is 3.89. The van der Waals surface area contributed by atoms with Gasteiger partial charge in [-0.2, -0.15) is 0 Å². The number of rotatable bonds is 4. The van der Waals surface area contributed by atoms with E-state index in [1.54, 1.807) is 0 Å². The Balaban J connectivity index is 1.55. The number of anilines is 1. The lowest BCUT2D eigenvalue weighted by atomic mass is 9.79. The highest BCUT2D eigenvalue weighted by Crippen LogP contribution is 2.33. The van der Waals surface area contributed by atoms with Gasteiger partial charge in [0.1, 0.15) is 5.76 Å². The van der Waals surface area contributed by atoms with E-state index in [1.165, 1.54) is 38.8 Å². The van der Waals surface area contributed by atoms with Gasteiger partial charge < -0.3 is 14.7 Å². The molecule has 2 aliphatic heterocycles. The van der Waals surface area contributed by atoms with E-state index in [-0.39, 0.29) is 0 Å². The average molecular weight is 305 g/mol. The molecule has 3 rings (SSSR count). The summed E-state index contributed by atoms with van der Waals surface area (Å²) in [6.07, 6.45) is 5.36. The predicted octanol–water partition coefficient (Wildman–Crippen LogP) is 3.65. The minimum atomic E-state index is 0.438. The molecule has 1 atom stereocenters. The fraction of sp³-hybridized carbons (Fsp3) is 0.833. The lowest BCUT2D eigenvalue weighted by Crippen LogP contribution is -2.39. The topological polar surface area (TPSA) is 41.3 Å². The molecular weight excluding hydrogens is 274 g/mol. The van der Waals surface area contributed by atoms with Gasteiger partial charge in [-0.1, -0.05) is 25.9 Å². The number of nitrogens with zero attached hydrogens (tertiary/aromatic N) is 2. The third kappa shape index (κ3) is 3.48. The normalized spacial score (nSPS) is 23.2. The molecule has 0 saturated carbocycles. The van der Waals surface area contributed by atoms with Crippen molar-refractivity contribution in [3.63, 3.8) is 0 Å². The van der Waals surface area contributed by atoms with E-state index in [0.29, 0.717) is 11.8 Å². The van der Waals surface area contributed by atoms with Crippen molar-refractivity contribution in [1.29, 1.82) is 0 Å². The van der Waals surface area contributed by atoms with Crippen LogP contribution in [0.25, 0.3) is 0 Å². The first-order valence-electron chi connectivity index (χ1n) is 9.07. The van der Waals surface area contributed by atoms with E-state index in [4.69, 9.17) is 4.52 Å². The number of hydrogen-bond acceptors (Lipinski definition) is 4. The Labute approximate surface area is 134 Å². The largest absolute Gasteiger partial charge is 0.359 e. The smallest absolute Gasteiger partial charge is 0.172 e. The molecule has 1 unspecified atom stereocenters. The van der Waals surface area contributed by atoms with Gasteiger partial charge in [-0.25, -0.2) is 0 Å². The molecule has 2 aliphatic rings. The van der Waals surface area contributed by atoms with Crippen molar-refractivity contribution in [2.45, 2.75) is 52.4 Å². The van der Waals surface area contributed by atoms with Gasteiger partial charge in [-0.15, -0.1) is 0 Å². The molecule has 0 bridgehead atoms. The summed E-state index contributed by atoms with van der Waals surface area (Å²) in [6.45, 7) is 11.4. The van der Waals surface area contributed by atoms with Gasteiger partial charge in [0.05, 0.1) is 0 Å². The van der Waals surface area contributed by atoms with Gasteiger partial charge >= 0.3 is 0 Å². The van der Waals surface area contributed by atoms with Crippen LogP contribution in [0.5, 0.6) is 0 Å². The van der Waals surface area contributed by atoms with Crippen LogP contribution in [0.15, 0.2) is 10.6 Å². The third-order valence-corrected chi connectivity index (χ3v) is 5.88. The van der Waals surface area contributed by atoms with Gasteiger partial charge in [-0.05, 0) is 56.5 Å². The second kappa shape index (κ2) is 7.03. The van der Waals surface area contributed by atoms with Crippen molar-refractivity contribution in [3.05, 3.63) is 11.8 Å². The van der Waals surface area contributed by atoms with Crippen molar-refractivity contribution in [2.24, 2.45) is 17.8 Å². The number of nitrogens with one attached hydrogen (secondary N) is 1. The van der Waals surface area contributed by atoms with E-state index in [2.05, 4.69) is 42.2 Å². The highest BCUT2D eigenvalue weighted by atomic mass is 16.5. The van der Waals surface area contributed by atoms with E-state index in [1.807, 2.05) is 0 Å². The second-order valence-electron chi connectivity index (χ2n) is 7.53. The SMILES string of the molecule is CC(C)C(C)c1cc(N2CCC(C3CCNCC3)CC2)no1. The summed E-state index contributed by atoms with van der Waals surface area (Å²) in [5.74, 6) is 4.97. The summed E-state index contributed by atoms with van der Waals surface area (Å²) < 4.78 is 5.58. The Morgan fingerprint density at radius 2 is 1.73 bits per heavy atom. The lowest BCUT2D eigenvalue weighted by molar-refractivity contribution is 0.221. The molecule has 0 aliphatic carbocycles. The molecule has 4 nitrogen and oxygen atoms in total. The van der Waals surface area contributed by atoms with Crippen molar-refractivity contribution in [3.8, 4) is 0 Å². The van der Waals surface area contributed by atoms with Crippen LogP contribution < -0.4 is 10.2 Å². The maximum absolute atomic E-state index is 5.58. The summed E-state index contributed by atoms with van der Waals surface area (Å²) in [5, 5.41) is 7.80. The molecule has 1 aromatic heterocycles. The zero-order valence-corrected chi connectivity index (χ0v) is 14.3. The highest BCUT2D eigenvalue weighted by molar-refractivity contribution is 5.39. The molecular formula is C18H31N3O. The van der Waals surface area contributed by atoms with Crippen LogP contribution >= 0.6 is 0 Å². The third-order valence-electron chi connectivity index (χ3n) is 5.88. The molecule has 1 aromatic rings. The Morgan fingerprint density at radius 3 is 2.36 bits per heavy atom. The molecule has 2 saturated heterocycles. The maximum atomic E-state index is 5.58. The maximum Gasteiger partial charge on any atom is 0.172 e. The Bertz CT molecular complexity index is 457. The summed E-state index contributed by atoms with van der Waals surface area (Å²) in [7, 11) is 0. The molecule has 0 spiro atoms. The van der Waals surface area contributed by atoms with Crippen LogP contribution in [0, 0.1) is 17.8 Å². The zero-order chi connectivity index (χ0) is 15.5. The standard InChI is InChI=1S/C18H31N3O/c1-13(2)14(3)17-12-18(20-22-17)21-10-6-16(7-11-21)15-4-8-19-9-5-15/h12-16,19H,4-11H2,1-3H3. The molecule has 0 amide bonds. The van der Waals surface area contributed by atoms with Crippen LogP contribution in [0.4, 0.5) is 5.82 Å². The minimum absolute atomic E-state index is 0.438. The van der Waals surface area contributed by atoms with Gasteiger partial charge in [0, 0.05) is 25.1 Å². The second-order valence-corrected chi connectivity index (χ2v) is 7.53. The fourth-order valence-electron chi connectivity index (χ4n) is 3.89. The lowest BCUT2D eigenvalue weighted by Gasteiger charge is -2.37. The number of piperidine rings is 2. The summed E-state index contributed by atoms with van der Waals surface area (Å²) in [5.41, 5.74) is 0. The van der Waals surface area contributed by atoms with Gasteiger partial charge in [0.2, 0.25) is 0 Å².